The van der Waals surface area contributed by atoms with Gasteiger partial charge in [0, 0.05) is 0 Å². The maximum atomic E-state index is 5.39. The Hall–Kier alpha value is -0.470. The standard InChI is InChI=1S/C13H10S.Na.H/c14-13(11-7-3-1-4-8-11)12-9-5-2-6-10-12;;/h1-10H;;/q;+1;-1. The van der Waals surface area contributed by atoms with Crippen molar-refractivity contribution in [1.29, 1.82) is 0 Å². The van der Waals surface area contributed by atoms with Gasteiger partial charge in [0.05, 0.1) is 4.86 Å². The SMILES string of the molecule is S=C(c1ccccc1)c1ccccc1.[H-].[Na+]. The summed E-state index contributed by atoms with van der Waals surface area (Å²) in [5.74, 6) is 0. The van der Waals surface area contributed by atoms with E-state index in [1.165, 1.54) is 0 Å². The Bertz CT molecular complexity index is 387. The molecule has 2 aromatic carbocycles. The smallest absolute Gasteiger partial charge is 1.00 e. The van der Waals surface area contributed by atoms with E-state index in [2.05, 4.69) is 0 Å². The minimum Gasteiger partial charge on any atom is -1.00 e. The summed E-state index contributed by atoms with van der Waals surface area (Å²) in [6.07, 6.45) is 0. The van der Waals surface area contributed by atoms with Crippen LogP contribution in [-0.2, 0) is 0 Å². The third-order valence-electron chi connectivity index (χ3n) is 2.07. The molecule has 0 radical (unpaired) electrons. The van der Waals surface area contributed by atoms with Gasteiger partial charge in [-0.2, -0.15) is 0 Å². The van der Waals surface area contributed by atoms with E-state index < -0.39 is 0 Å². The molecule has 70 valence electrons. The van der Waals surface area contributed by atoms with Crippen molar-refractivity contribution in [2.75, 3.05) is 0 Å². The predicted molar refractivity (Wildman–Crippen MR) is 64.8 cm³/mol. The second-order valence-electron chi connectivity index (χ2n) is 3.06. The average molecular weight is 222 g/mol. The topological polar surface area (TPSA) is 0 Å². The Morgan fingerprint density at radius 3 is 1.40 bits per heavy atom. The largest absolute Gasteiger partial charge is 1.00 e. The van der Waals surface area contributed by atoms with Gasteiger partial charge in [0.25, 0.3) is 0 Å². The molecular weight excluding hydrogens is 211 g/mol. The third-order valence-corrected chi connectivity index (χ3v) is 2.54. The molecule has 15 heavy (non-hydrogen) atoms. The summed E-state index contributed by atoms with van der Waals surface area (Å²) < 4.78 is 0. The Labute approximate surface area is 119 Å². The summed E-state index contributed by atoms with van der Waals surface area (Å²) in [5, 5.41) is 0. The molecule has 2 rings (SSSR count). The molecule has 0 saturated carbocycles. The van der Waals surface area contributed by atoms with Crippen molar-refractivity contribution < 1.29 is 31.0 Å². The fourth-order valence-electron chi connectivity index (χ4n) is 1.35. The van der Waals surface area contributed by atoms with Gasteiger partial charge in [-0.3, -0.25) is 0 Å². The van der Waals surface area contributed by atoms with E-state index in [4.69, 9.17) is 12.2 Å². The molecule has 2 aromatic rings. The van der Waals surface area contributed by atoms with Crippen LogP contribution in [0.3, 0.4) is 0 Å². The maximum Gasteiger partial charge on any atom is 1.00 e. The zero-order valence-electron chi connectivity index (χ0n) is 9.68. The van der Waals surface area contributed by atoms with Crippen LogP contribution in [0.15, 0.2) is 60.7 Å². The van der Waals surface area contributed by atoms with Gasteiger partial charge in [-0.05, 0) is 11.1 Å². The number of hydrogen-bond acceptors (Lipinski definition) is 1. The fraction of sp³-hybridized carbons (Fsp3) is 0. The molecule has 0 bridgehead atoms. The van der Waals surface area contributed by atoms with Gasteiger partial charge in [-0.1, -0.05) is 72.9 Å². The first kappa shape index (κ1) is 12.6. The van der Waals surface area contributed by atoms with E-state index in [0.717, 1.165) is 16.0 Å². The van der Waals surface area contributed by atoms with Gasteiger partial charge in [-0.15, -0.1) is 0 Å². The zero-order valence-corrected chi connectivity index (χ0v) is 11.5. The molecule has 0 aliphatic carbocycles. The van der Waals surface area contributed by atoms with Gasteiger partial charge >= 0.3 is 29.6 Å². The van der Waals surface area contributed by atoms with E-state index in [-0.39, 0.29) is 31.0 Å². The van der Waals surface area contributed by atoms with Crippen LogP contribution >= 0.6 is 12.2 Å². The minimum atomic E-state index is 0. The number of thiocarbonyl (C=S) groups is 1. The van der Waals surface area contributed by atoms with E-state index in [0.29, 0.717) is 0 Å². The van der Waals surface area contributed by atoms with Crippen LogP contribution < -0.4 is 29.6 Å². The molecule has 0 unspecified atom stereocenters. The van der Waals surface area contributed by atoms with E-state index in [1.807, 2.05) is 60.7 Å². The molecule has 0 fully saturated rings. The molecule has 0 atom stereocenters. The van der Waals surface area contributed by atoms with Crippen LogP contribution in [0.25, 0.3) is 0 Å². The summed E-state index contributed by atoms with van der Waals surface area (Å²) in [6.45, 7) is 0. The van der Waals surface area contributed by atoms with Crippen molar-refractivity contribution in [3.63, 3.8) is 0 Å². The minimum absolute atomic E-state index is 0. The normalized spacial score (nSPS) is 9.07. The molecule has 0 saturated heterocycles. The summed E-state index contributed by atoms with van der Waals surface area (Å²) in [6, 6.07) is 20.2. The van der Waals surface area contributed by atoms with Gasteiger partial charge in [-0.25, -0.2) is 0 Å². The van der Waals surface area contributed by atoms with Crippen molar-refractivity contribution >= 4 is 17.1 Å². The van der Waals surface area contributed by atoms with Crippen LogP contribution in [0.2, 0.25) is 0 Å². The predicted octanol–water partition coefficient (Wildman–Crippen LogP) is 0.569. The first-order valence-corrected chi connectivity index (χ1v) is 4.93. The van der Waals surface area contributed by atoms with Gasteiger partial charge in [0.1, 0.15) is 0 Å². The van der Waals surface area contributed by atoms with Crippen molar-refractivity contribution in [2.24, 2.45) is 0 Å². The summed E-state index contributed by atoms with van der Waals surface area (Å²) in [5.41, 5.74) is 2.21. The maximum absolute atomic E-state index is 5.39. The van der Waals surface area contributed by atoms with Crippen LogP contribution in [-0.4, -0.2) is 4.86 Å². The second kappa shape index (κ2) is 6.19. The summed E-state index contributed by atoms with van der Waals surface area (Å²) in [7, 11) is 0. The molecule has 0 heterocycles. The van der Waals surface area contributed by atoms with Crippen molar-refractivity contribution in [3.05, 3.63) is 71.8 Å². The first-order chi connectivity index (χ1) is 6.88. The molecule has 0 aliphatic rings. The fourth-order valence-corrected chi connectivity index (χ4v) is 1.62. The molecular formula is C13H11NaS. The molecule has 2 heteroatoms. The Morgan fingerprint density at radius 2 is 1.07 bits per heavy atom. The molecule has 0 aliphatic heterocycles. The van der Waals surface area contributed by atoms with Gasteiger partial charge < -0.3 is 1.43 Å². The molecule has 0 amide bonds. The van der Waals surface area contributed by atoms with Crippen molar-refractivity contribution in [2.45, 2.75) is 0 Å². The number of benzene rings is 2. The first-order valence-electron chi connectivity index (χ1n) is 4.53. The molecule has 0 N–H and O–H groups in total. The Balaban J connectivity index is 0.00000112. The van der Waals surface area contributed by atoms with Crippen LogP contribution in [0, 0.1) is 0 Å². The Morgan fingerprint density at radius 1 is 0.733 bits per heavy atom. The summed E-state index contributed by atoms with van der Waals surface area (Å²) in [4.78, 5) is 0.909. The summed E-state index contributed by atoms with van der Waals surface area (Å²) >= 11 is 5.39. The second-order valence-corrected chi connectivity index (χ2v) is 3.47. The molecule has 0 nitrogen and oxygen atoms in total. The quantitative estimate of drug-likeness (QED) is 0.407. The van der Waals surface area contributed by atoms with Gasteiger partial charge in [0.15, 0.2) is 0 Å². The van der Waals surface area contributed by atoms with Crippen molar-refractivity contribution in [1.82, 2.24) is 0 Å². The van der Waals surface area contributed by atoms with E-state index in [1.54, 1.807) is 0 Å². The van der Waals surface area contributed by atoms with E-state index in [9.17, 15) is 0 Å². The van der Waals surface area contributed by atoms with Crippen LogP contribution in [0.5, 0.6) is 0 Å². The monoisotopic (exact) mass is 222 g/mol. The van der Waals surface area contributed by atoms with Crippen LogP contribution in [0.1, 0.15) is 12.6 Å². The Kier molecular flexibility index (Phi) is 5.20. The van der Waals surface area contributed by atoms with Crippen LogP contribution in [0.4, 0.5) is 0 Å². The van der Waals surface area contributed by atoms with Gasteiger partial charge in [0.2, 0.25) is 0 Å². The van der Waals surface area contributed by atoms with E-state index >= 15 is 0 Å². The average Bonchev–Trinajstić information content (AvgIpc) is 2.30. The van der Waals surface area contributed by atoms with Crippen molar-refractivity contribution in [3.8, 4) is 0 Å². The third kappa shape index (κ3) is 3.25. The number of hydrogen-bond donors (Lipinski definition) is 0. The molecule has 0 spiro atoms. The number of rotatable bonds is 2. The zero-order chi connectivity index (χ0) is 9.80. The molecule has 0 aromatic heterocycles.